The van der Waals surface area contributed by atoms with Crippen LogP contribution in [-0.4, -0.2) is 10.3 Å². The van der Waals surface area contributed by atoms with Crippen molar-refractivity contribution in [2.24, 2.45) is 0 Å². The Morgan fingerprint density at radius 1 is 1.05 bits per heavy atom. The van der Waals surface area contributed by atoms with Crippen molar-refractivity contribution in [1.82, 2.24) is 5.16 Å². The van der Waals surface area contributed by atoms with Gasteiger partial charge in [0.15, 0.2) is 5.76 Å². The number of phenols is 1. The van der Waals surface area contributed by atoms with E-state index >= 15 is 0 Å². The number of nitrogens with zero attached hydrogens (tertiary/aromatic N) is 1. The van der Waals surface area contributed by atoms with Crippen molar-refractivity contribution in [2.75, 3.05) is 0 Å². The normalized spacial score (nSPS) is 10.5. The van der Waals surface area contributed by atoms with Crippen LogP contribution in [0.3, 0.4) is 0 Å². The molecule has 3 aromatic rings. The van der Waals surface area contributed by atoms with Gasteiger partial charge in [0.25, 0.3) is 0 Å². The molecule has 4 nitrogen and oxygen atoms in total. The van der Waals surface area contributed by atoms with Gasteiger partial charge in [-0.1, -0.05) is 22.9 Å². The first-order valence-corrected chi connectivity index (χ1v) is 6.65. The quantitative estimate of drug-likeness (QED) is 0.787. The van der Waals surface area contributed by atoms with Crippen LogP contribution in [0.4, 0.5) is 0 Å². The van der Waals surface area contributed by atoms with Crippen molar-refractivity contribution in [3.05, 3.63) is 65.9 Å². The predicted octanol–water partition coefficient (Wildman–Crippen LogP) is 3.93. The molecular weight excluding hydrogens is 266 g/mol. The van der Waals surface area contributed by atoms with E-state index in [1.807, 2.05) is 37.3 Å². The number of aromatic nitrogens is 1. The molecule has 0 amide bonds. The van der Waals surface area contributed by atoms with Gasteiger partial charge in [-0.3, -0.25) is 0 Å². The van der Waals surface area contributed by atoms with Gasteiger partial charge in [-0.05, 0) is 43.3 Å². The van der Waals surface area contributed by atoms with Crippen molar-refractivity contribution in [3.63, 3.8) is 0 Å². The lowest BCUT2D eigenvalue weighted by molar-refractivity contribution is 0.249. The average molecular weight is 281 g/mol. The molecule has 1 N–H and O–H groups in total. The molecule has 0 saturated heterocycles. The molecule has 0 fully saturated rings. The summed E-state index contributed by atoms with van der Waals surface area (Å²) in [6.07, 6.45) is 0. The van der Waals surface area contributed by atoms with Gasteiger partial charge in [0, 0.05) is 11.6 Å². The summed E-state index contributed by atoms with van der Waals surface area (Å²) in [5.74, 6) is 1.67. The Morgan fingerprint density at radius 3 is 2.48 bits per heavy atom. The van der Waals surface area contributed by atoms with Crippen molar-refractivity contribution < 1.29 is 14.4 Å². The summed E-state index contributed by atoms with van der Waals surface area (Å²) in [7, 11) is 0. The summed E-state index contributed by atoms with van der Waals surface area (Å²) in [5.41, 5.74) is 2.80. The van der Waals surface area contributed by atoms with Crippen LogP contribution in [0.5, 0.6) is 11.5 Å². The summed E-state index contributed by atoms with van der Waals surface area (Å²) in [5, 5.41) is 13.3. The molecule has 4 heteroatoms. The van der Waals surface area contributed by atoms with Crippen molar-refractivity contribution >= 4 is 0 Å². The second-order valence-corrected chi connectivity index (χ2v) is 4.83. The van der Waals surface area contributed by atoms with E-state index in [1.54, 1.807) is 24.3 Å². The van der Waals surface area contributed by atoms with E-state index in [-0.39, 0.29) is 5.75 Å². The first kappa shape index (κ1) is 13.2. The molecule has 3 rings (SSSR count). The van der Waals surface area contributed by atoms with Crippen LogP contribution in [0.25, 0.3) is 11.3 Å². The van der Waals surface area contributed by atoms with Crippen LogP contribution in [0.15, 0.2) is 59.1 Å². The molecule has 0 aliphatic carbocycles. The van der Waals surface area contributed by atoms with Gasteiger partial charge >= 0.3 is 0 Å². The highest BCUT2D eigenvalue weighted by atomic mass is 16.5. The lowest BCUT2D eigenvalue weighted by atomic mass is 10.1. The Balaban J connectivity index is 1.67. The predicted molar refractivity (Wildman–Crippen MR) is 79.1 cm³/mol. The second-order valence-electron chi connectivity index (χ2n) is 4.83. The monoisotopic (exact) mass is 281 g/mol. The molecule has 0 unspecified atom stereocenters. The van der Waals surface area contributed by atoms with Gasteiger partial charge in [0.2, 0.25) is 0 Å². The number of rotatable bonds is 4. The van der Waals surface area contributed by atoms with E-state index in [2.05, 4.69) is 5.16 Å². The third-order valence-electron chi connectivity index (χ3n) is 3.12. The second kappa shape index (κ2) is 5.71. The van der Waals surface area contributed by atoms with E-state index in [0.717, 1.165) is 17.0 Å². The maximum absolute atomic E-state index is 9.27. The Labute approximate surface area is 122 Å². The molecule has 1 aromatic heterocycles. The van der Waals surface area contributed by atoms with Gasteiger partial charge in [-0.15, -0.1) is 0 Å². The van der Waals surface area contributed by atoms with Crippen LogP contribution in [-0.2, 0) is 6.61 Å². The fourth-order valence-corrected chi connectivity index (χ4v) is 1.94. The maximum Gasteiger partial charge on any atom is 0.174 e. The first-order chi connectivity index (χ1) is 10.2. The van der Waals surface area contributed by atoms with Crippen LogP contribution in [0, 0.1) is 6.92 Å². The standard InChI is InChI=1S/C17H15NO3/c1-12-2-8-15(9-3-12)20-11-16-10-17(18-21-16)13-4-6-14(19)7-5-13/h2-10,19H,11H2,1H3. The average Bonchev–Trinajstić information content (AvgIpc) is 2.96. The Morgan fingerprint density at radius 2 is 1.76 bits per heavy atom. The SMILES string of the molecule is Cc1ccc(OCc2cc(-c3ccc(O)cc3)no2)cc1. The minimum absolute atomic E-state index is 0.227. The van der Waals surface area contributed by atoms with Gasteiger partial charge < -0.3 is 14.4 Å². The number of benzene rings is 2. The van der Waals surface area contributed by atoms with Gasteiger partial charge in [-0.25, -0.2) is 0 Å². The molecule has 2 aromatic carbocycles. The number of hydrogen-bond acceptors (Lipinski definition) is 4. The van der Waals surface area contributed by atoms with Crippen molar-refractivity contribution in [2.45, 2.75) is 13.5 Å². The van der Waals surface area contributed by atoms with Crippen LogP contribution >= 0.6 is 0 Å². The van der Waals surface area contributed by atoms with Gasteiger partial charge in [0.1, 0.15) is 23.8 Å². The van der Waals surface area contributed by atoms with E-state index in [4.69, 9.17) is 9.26 Å². The van der Waals surface area contributed by atoms with Crippen molar-refractivity contribution in [3.8, 4) is 22.8 Å². The number of phenolic OH excluding ortho intramolecular Hbond substituents is 1. The molecule has 0 spiro atoms. The lowest BCUT2D eigenvalue weighted by Crippen LogP contribution is -1.93. The zero-order valence-electron chi connectivity index (χ0n) is 11.6. The molecule has 106 valence electrons. The minimum Gasteiger partial charge on any atom is -0.508 e. The summed E-state index contributed by atoms with van der Waals surface area (Å²) >= 11 is 0. The molecule has 0 atom stereocenters. The molecule has 0 saturated carbocycles. The zero-order valence-corrected chi connectivity index (χ0v) is 11.6. The highest BCUT2D eigenvalue weighted by Crippen LogP contribution is 2.22. The third-order valence-corrected chi connectivity index (χ3v) is 3.12. The summed E-state index contributed by atoms with van der Waals surface area (Å²) in [6.45, 7) is 2.36. The summed E-state index contributed by atoms with van der Waals surface area (Å²) in [4.78, 5) is 0. The van der Waals surface area contributed by atoms with Crippen LogP contribution in [0.2, 0.25) is 0 Å². The minimum atomic E-state index is 0.227. The number of aryl methyl sites for hydroxylation is 1. The molecule has 0 radical (unpaired) electrons. The Hall–Kier alpha value is -2.75. The summed E-state index contributed by atoms with van der Waals surface area (Å²) in [6, 6.07) is 16.5. The molecule has 21 heavy (non-hydrogen) atoms. The highest BCUT2D eigenvalue weighted by molar-refractivity contribution is 5.59. The smallest absolute Gasteiger partial charge is 0.174 e. The lowest BCUT2D eigenvalue weighted by Gasteiger charge is -2.03. The van der Waals surface area contributed by atoms with E-state index in [1.165, 1.54) is 5.56 Å². The molecular formula is C17H15NO3. The summed E-state index contributed by atoms with van der Waals surface area (Å²) < 4.78 is 10.9. The molecule has 0 aliphatic heterocycles. The Bertz CT molecular complexity index is 715. The van der Waals surface area contributed by atoms with E-state index in [0.29, 0.717) is 12.4 Å². The third kappa shape index (κ3) is 3.23. The number of aromatic hydroxyl groups is 1. The van der Waals surface area contributed by atoms with Gasteiger partial charge in [-0.2, -0.15) is 0 Å². The molecule has 1 heterocycles. The van der Waals surface area contributed by atoms with Crippen LogP contribution < -0.4 is 4.74 Å². The van der Waals surface area contributed by atoms with E-state index in [9.17, 15) is 5.11 Å². The number of hydrogen-bond donors (Lipinski definition) is 1. The van der Waals surface area contributed by atoms with Crippen LogP contribution in [0.1, 0.15) is 11.3 Å². The highest BCUT2D eigenvalue weighted by Gasteiger charge is 2.07. The Kier molecular flexibility index (Phi) is 3.60. The fraction of sp³-hybridized carbons (Fsp3) is 0.118. The number of ether oxygens (including phenoxy) is 1. The molecule has 0 bridgehead atoms. The molecule has 0 aliphatic rings. The van der Waals surface area contributed by atoms with E-state index < -0.39 is 0 Å². The topological polar surface area (TPSA) is 55.5 Å². The largest absolute Gasteiger partial charge is 0.508 e. The zero-order chi connectivity index (χ0) is 14.7. The maximum atomic E-state index is 9.27. The van der Waals surface area contributed by atoms with Gasteiger partial charge in [0.05, 0.1) is 0 Å². The van der Waals surface area contributed by atoms with Crippen molar-refractivity contribution in [1.29, 1.82) is 0 Å². The fourth-order valence-electron chi connectivity index (χ4n) is 1.94. The first-order valence-electron chi connectivity index (χ1n) is 6.65.